The maximum Gasteiger partial charge on any atom is 0.161 e. The van der Waals surface area contributed by atoms with Crippen LogP contribution in [0, 0.1) is 0 Å². The van der Waals surface area contributed by atoms with E-state index in [-0.39, 0.29) is 5.78 Å². The lowest BCUT2D eigenvalue weighted by Crippen LogP contribution is -2.23. The Morgan fingerprint density at radius 1 is 1.44 bits per heavy atom. The van der Waals surface area contributed by atoms with Crippen LogP contribution in [0.1, 0.15) is 28.6 Å². The highest BCUT2D eigenvalue weighted by Crippen LogP contribution is 2.12. The fourth-order valence-corrected chi connectivity index (χ4v) is 3.41. The van der Waals surface area contributed by atoms with E-state index in [2.05, 4.69) is 43.3 Å². The monoisotopic (exact) mass is 261 g/mol. The number of Topliss-reactive ketones (excluding diaryl/α,β-unsaturated/α-hetero) is 1. The quantitative estimate of drug-likeness (QED) is 0.767. The van der Waals surface area contributed by atoms with E-state index in [0.29, 0.717) is 0 Å². The predicted octanol–water partition coefficient (Wildman–Crippen LogP) is 1.58. The lowest BCUT2D eigenvalue weighted by molar-refractivity contribution is 0.101. The lowest BCUT2D eigenvalue weighted by Gasteiger charge is -2.08. The molecule has 0 fully saturated rings. The highest BCUT2D eigenvalue weighted by molar-refractivity contribution is 7.10. The molecule has 1 aliphatic rings. The summed E-state index contributed by atoms with van der Waals surface area (Å²) in [7, 11) is 4.12. The summed E-state index contributed by atoms with van der Waals surface area (Å²) in [5.41, 5.74) is 0.930. The van der Waals surface area contributed by atoms with Gasteiger partial charge in [0.25, 0.3) is 0 Å². The molecule has 0 amide bonds. The summed E-state index contributed by atoms with van der Waals surface area (Å²) >= 11 is 1.77. The van der Waals surface area contributed by atoms with Crippen molar-refractivity contribution in [1.82, 2.24) is 4.90 Å². The van der Waals surface area contributed by atoms with Gasteiger partial charge in [0.2, 0.25) is 0 Å². The van der Waals surface area contributed by atoms with Gasteiger partial charge in [-0.3, -0.25) is 4.79 Å². The zero-order chi connectivity index (χ0) is 13.1. The van der Waals surface area contributed by atoms with E-state index < -0.39 is 0 Å². The Balaban J connectivity index is 2.51. The highest BCUT2D eigenvalue weighted by Gasteiger charge is 2.13. The minimum atomic E-state index is 0.182. The van der Waals surface area contributed by atoms with Crippen molar-refractivity contribution >= 4 is 29.3 Å². The van der Waals surface area contributed by atoms with Crippen LogP contribution in [0.15, 0.2) is 12.2 Å². The molecule has 0 saturated carbocycles. The van der Waals surface area contributed by atoms with Crippen LogP contribution in [0.25, 0.3) is 12.2 Å². The molecule has 2 nitrogen and oxygen atoms in total. The van der Waals surface area contributed by atoms with Crippen molar-refractivity contribution in [2.75, 3.05) is 20.6 Å². The van der Waals surface area contributed by atoms with Gasteiger partial charge >= 0.3 is 0 Å². The molecule has 0 saturated heterocycles. The number of hydrogen-bond acceptors (Lipinski definition) is 3. The van der Waals surface area contributed by atoms with Crippen LogP contribution in [-0.4, -0.2) is 31.3 Å². The summed E-state index contributed by atoms with van der Waals surface area (Å²) in [4.78, 5) is 15.3. The first-order valence-electron chi connectivity index (χ1n) is 6.24. The second-order valence-electron chi connectivity index (χ2n) is 4.82. The summed E-state index contributed by atoms with van der Waals surface area (Å²) in [6.07, 6.45) is 10.4. The van der Waals surface area contributed by atoms with Crippen molar-refractivity contribution in [3.05, 3.63) is 32.3 Å². The number of ketones is 1. The van der Waals surface area contributed by atoms with Gasteiger partial charge in [-0.15, -0.1) is 11.3 Å². The molecule has 0 atom stereocenters. The molecule has 1 heterocycles. The first kappa shape index (κ1) is 13.2. The van der Waals surface area contributed by atoms with Crippen LogP contribution in [0.3, 0.4) is 0 Å². The number of allylic oxidation sites excluding steroid dienone is 2. The van der Waals surface area contributed by atoms with Crippen LogP contribution in [-0.2, 0) is 6.42 Å². The third-order valence-electron chi connectivity index (χ3n) is 3.02. The van der Waals surface area contributed by atoms with Crippen molar-refractivity contribution in [1.29, 1.82) is 0 Å². The molecule has 0 spiro atoms. The van der Waals surface area contributed by atoms with Gasteiger partial charge in [-0.25, -0.2) is 0 Å². The number of hydrogen-bond donors (Lipinski definition) is 0. The highest BCUT2D eigenvalue weighted by atomic mass is 32.1. The number of carbonyl (C=O) groups excluding carboxylic acids is 1. The minimum Gasteiger partial charge on any atom is -0.309 e. The Morgan fingerprint density at radius 2 is 2.22 bits per heavy atom. The Labute approximate surface area is 112 Å². The van der Waals surface area contributed by atoms with Crippen LogP contribution in [0.4, 0.5) is 0 Å². The number of thiophene rings is 1. The second-order valence-corrected chi connectivity index (χ2v) is 5.96. The summed E-state index contributed by atoms with van der Waals surface area (Å²) in [6.45, 7) is 2.65. The predicted molar refractivity (Wildman–Crippen MR) is 78.5 cm³/mol. The Kier molecular flexibility index (Phi) is 4.15. The van der Waals surface area contributed by atoms with Crippen LogP contribution < -0.4 is 9.75 Å². The Bertz CT molecular complexity index is 593. The Morgan fingerprint density at radius 3 is 2.89 bits per heavy atom. The SMILES string of the molecule is CC(=O)c1c(CCN(C)C)sc2c1=CC=CCC=2. The molecule has 0 radical (unpaired) electrons. The minimum absolute atomic E-state index is 0.182. The van der Waals surface area contributed by atoms with E-state index in [1.165, 1.54) is 9.41 Å². The maximum atomic E-state index is 11.9. The first-order valence-corrected chi connectivity index (χ1v) is 7.05. The average molecular weight is 261 g/mol. The van der Waals surface area contributed by atoms with Gasteiger partial charge in [-0.2, -0.15) is 0 Å². The van der Waals surface area contributed by atoms with E-state index in [4.69, 9.17) is 0 Å². The molecule has 3 heteroatoms. The largest absolute Gasteiger partial charge is 0.309 e. The first-order chi connectivity index (χ1) is 8.59. The lowest BCUT2D eigenvalue weighted by atomic mass is 10.1. The van der Waals surface area contributed by atoms with E-state index in [0.717, 1.165) is 30.2 Å². The van der Waals surface area contributed by atoms with Gasteiger partial charge in [0.15, 0.2) is 5.78 Å². The van der Waals surface area contributed by atoms with Crippen molar-refractivity contribution in [3.63, 3.8) is 0 Å². The number of likely N-dealkylation sites (N-methyl/N-ethyl adjacent to an activating group) is 1. The molecule has 0 aliphatic heterocycles. The molecular formula is C15H19NOS. The topological polar surface area (TPSA) is 20.3 Å². The molecule has 0 bridgehead atoms. The van der Waals surface area contributed by atoms with E-state index in [1.807, 2.05) is 0 Å². The molecule has 1 aromatic rings. The van der Waals surface area contributed by atoms with Crippen molar-refractivity contribution in [3.8, 4) is 0 Å². The zero-order valence-electron chi connectivity index (χ0n) is 11.2. The molecule has 96 valence electrons. The molecule has 18 heavy (non-hydrogen) atoms. The van der Waals surface area contributed by atoms with Gasteiger partial charge in [0, 0.05) is 26.7 Å². The summed E-state index contributed by atoms with van der Waals surface area (Å²) in [5.74, 6) is 0.182. The molecular weight excluding hydrogens is 242 g/mol. The molecule has 0 aromatic carbocycles. The second kappa shape index (κ2) is 5.63. The number of rotatable bonds is 4. The number of fused-ring (bicyclic) bond motifs is 1. The molecule has 2 rings (SSSR count). The fraction of sp³-hybridized carbons (Fsp3) is 0.400. The van der Waals surface area contributed by atoms with Crippen molar-refractivity contribution in [2.45, 2.75) is 19.8 Å². The van der Waals surface area contributed by atoms with Crippen molar-refractivity contribution in [2.24, 2.45) is 0 Å². The number of carbonyl (C=O) groups is 1. The third kappa shape index (κ3) is 2.79. The number of nitrogens with zero attached hydrogens (tertiary/aromatic N) is 1. The van der Waals surface area contributed by atoms with Crippen LogP contribution in [0.5, 0.6) is 0 Å². The summed E-state index contributed by atoms with van der Waals surface area (Å²) < 4.78 is 1.25. The van der Waals surface area contributed by atoms with Gasteiger partial charge < -0.3 is 4.90 Å². The van der Waals surface area contributed by atoms with E-state index >= 15 is 0 Å². The van der Waals surface area contributed by atoms with Gasteiger partial charge in [-0.05, 0) is 33.9 Å². The van der Waals surface area contributed by atoms with Gasteiger partial charge in [0.1, 0.15) is 0 Å². The third-order valence-corrected chi connectivity index (χ3v) is 4.28. The maximum absolute atomic E-state index is 11.9. The smallest absolute Gasteiger partial charge is 0.161 e. The summed E-state index contributed by atoms with van der Waals surface area (Å²) in [6, 6.07) is 0. The normalized spacial score (nSPS) is 13.8. The molecule has 1 aromatic heterocycles. The average Bonchev–Trinajstić information content (AvgIpc) is 2.49. The van der Waals surface area contributed by atoms with Crippen LogP contribution >= 0.6 is 11.3 Å². The molecule has 1 aliphatic carbocycles. The summed E-state index contributed by atoms with van der Waals surface area (Å²) in [5, 5.41) is 1.12. The van der Waals surface area contributed by atoms with Gasteiger partial charge in [0.05, 0.1) is 0 Å². The van der Waals surface area contributed by atoms with Crippen LogP contribution in [0.2, 0.25) is 0 Å². The van der Waals surface area contributed by atoms with Crippen molar-refractivity contribution < 1.29 is 4.79 Å². The van der Waals surface area contributed by atoms with E-state index in [1.54, 1.807) is 18.3 Å². The van der Waals surface area contributed by atoms with E-state index in [9.17, 15) is 4.79 Å². The fourth-order valence-electron chi connectivity index (χ4n) is 2.13. The zero-order valence-corrected chi connectivity index (χ0v) is 12.0. The standard InChI is InChI=1S/C15H19NOS/c1-11(17)15-12-7-5-4-6-8-13(12)18-14(15)9-10-16(2)3/h4-5,7-8H,6,9-10H2,1-3H3. The van der Waals surface area contributed by atoms with Gasteiger partial charge in [-0.1, -0.05) is 24.3 Å². The Hall–Kier alpha value is -1.19. The molecule has 0 N–H and O–H groups in total. The molecule has 0 unspecified atom stereocenters.